The lowest BCUT2D eigenvalue weighted by molar-refractivity contribution is -0.116. The normalized spacial score (nSPS) is 10.7. The van der Waals surface area contributed by atoms with Crippen LogP contribution in [0.15, 0.2) is 66.2 Å². The van der Waals surface area contributed by atoms with Crippen LogP contribution in [0.3, 0.4) is 0 Å². The predicted octanol–water partition coefficient (Wildman–Crippen LogP) is 4.67. The number of carbonyl (C=O) groups excluding carboxylic acids is 1. The molecule has 30 heavy (non-hydrogen) atoms. The Bertz CT molecular complexity index is 1170. The highest BCUT2D eigenvalue weighted by atomic mass is 32.1. The molecule has 7 nitrogen and oxygen atoms in total. The van der Waals surface area contributed by atoms with Crippen molar-refractivity contribution in [3.05, 3.63) is 76.6 Å². The van der Waals surface area contributed by atoms with E-state index in [1.54, 1.807) is 23.6 Å². The summed E-state index contributed by atoms with van der Waals surface area (Å²) in [6.07, 6.45) is 2.00. The van der Waals surface area contributed by atoms with Gasteiger partial charge in [-0.05, 0) is 47.9 Å². The fourth-order valence-electron chi connectivity index (χ4n) is 2.86. The first kappa shape index (κ1) is 20.0. The summed E-state index contributed by atoms with van der Waals surface area (Å²) in [5, 5.41) is 12.0. The zero-order valence-electron chi connectivity index (χ0n) is 15.9. The van der Waals surface area contributed by atoms with Crippen LogP contribution in [-0.2, 0) is 17.9 Å². The fourth-order valence-corrected chi connectivity index (χ4v) is 3.81. The first-order valence-corrected chi connectivity index (χ1v) is 10.6. The molecule has 1 amide bonds. The molecule has 0 saturated heterocycles. The number of pyridine rings is 1. The number of rotatable bonds is 8. The number of hydrogen-bond donors (Lipinski definition) is 2. The highest BCUT2D eigenvalue weighted by molar-refractivity contribution is 7.71. The summed E-state index contributed by atoms with van der Waals surface area (Å²) in [7, 11) is 0. The van der Waals surface area contributed by atoms with Gasteiger partial charge in [-0.1, -0.05) is 18.2 Å². The van der Waals surface area contributed by atoms with E-state index >= 15 is 0 Å². The van der Waals surface area contributed by atoms with Crippen LogP contribution < -0.4 is 10.1 Å². The summed E-state index contributed by atoms with van der Waals surface area (Å²) < 4.78 is 8.10. The smallest absolute Gasteiger partial charge is 0.226 e. The van der Waals surface area contributed by atoms with Gasteiger partial charge in [-0.25, -0.2) is 0 Å². The van der Waals surface area contributed by atoms with Crippen LogP contribution in [0.5, 0.6) is 5.75 Å². The lowest BCUT2D eigenvalue weighted by Gasteiger charge is -2.10. The fraction of sp³-hybridized carbons (Fsp3) is 0.143. The molecule has 0 atom stereocenters. The quantitative estimate of drug-likeness (QED) is 0.391. The van der Waals surface area contributed by atoms with Crippen molar-refractivity contribution < 1.29 is 9.53 Å². The second-order valence-corrected chi connectivity index (χ2v) is 7.75. The van der Waals surface area contributed by atoms with Crippen molar-refractivity contribution in [1.29, 1.82) is 0 Å². The number of carbonyl (C=O) groups is 1. The van der Waals surface area contributed by atoms with E-state index in [9.17, 15) is 4.79 Å². The molecule has 152 valence electrons. The summed E-state index contributed by atoms with van der Waals surface area (Å²) in [5.41, 5.74) is 1.51. The summed E-state index contributed by atoms with van der Waals surface area (Å²) in [6, 6.07) is 16.9. The molecule has 4 aromatic rings. The lowest BCUT2D eigenvalue weighted by atomic mass is 10.3. The van der Waals surface area contributed by atoms with Crippen molar-refractivity contribution in [3.8, 4) is 16.5 Å². The number of ether oxygens (including phenoxy) is 1. The van der Waals surface area contributed by atoms with Crippen molar-refractivity contribution in [2.75, 3.05) is 5.32 Å². The monoisotopic (exact) mass is 437 g/mol. The van der Waals surface area contributed by atoms with Gasteiger partial charge < -0.3 is 10.1 Å². The molecule has 0 aliphatic rings. The van der Waals surface area contributed by atoms with E-state index in [4.69, 9.17) is 17.0 Å². The Labute approximate surface area is 182 Å². The number of hydrogen-bond acceptors (Lipinski definition) is 6. The van der Waals surface area contributed by atoms with Gasteiger partial charge in [0, 0.05) is 30.9 Å². The Morgan fingerprint density at radius 3 is 2.93 bits per heavy atom. The van der Waals surface area contributed by atoms with Crippen LogP contribution in [0.4, 0.5) is 5.69 Å². The van der Waals surface area contributed by atoms with Gasteiger partial charge in [0.1, 0.15) is 12.4 Å². The predicted molar refractivity (Wildman–Crippen MR) is 119 cm³/mol. The Morgan fingerprint density at radius 1 is 1.20 bits per heavy atom. The van der Waals surface area contributed by atoms with E-state index in [-0.39, 0.29) is 12.3 Å². The topological polar surface area (TPSA) is 84.8 Å². The van der Waals surface area contributed by atoms with Crippen LogP contribution >= 0.6 is 23.6 Å². The van der Waals surface area contributed by atoms with Gasteiger partial charge in [0.15, 0.2) is 10.6 Å². The SMILES string of the molecule is O=C(CCn1c(-c2cccs2)n[nH]c1=S)Nc1cccc(OCc2ccccn2)c1. The second-order valence-electron chi connectivity index (χ2n) is 6.42. The number of H-pyrrole nitrogens is 1. The molecule has 1 aromatic carbocycles. The Kier molecular flexibility index (Phi) is 6.31. The highest BCUT2D eigenvalue weighted by Crippen LogP contribution is 2.23. The zero-order chi connectivity index (χ0) is 20.8. The summed E-state index contributed by atoms with van der Waals surface area (Å²) in [6.45, 7) is 0.798. The van der Waals surface area contributed by atoms with Crippen molar-refractivity contribution >= 4 is 35.1 Å². The third-order valence-corrected chi connectivity index (χ3v) is 5.47. The molecule has 0 spiro atoms. The Hall–Kier alpha value is -3.30. The summed E-state index contributed by atoms with van der Waals surface area (Å²) in [5.74, 6) is 1.29. The van der Waals surface area contributed by atoms with Crippen LogP contribution in [0.2, 0.25) is 0 Å². The van der Waals surface area contributed by atoms with Crippen LogP contribution in [0, 0.1) is 4.77 Å². The molecule has 3 heterocycles. The molecule has 2 N–H and O–H groups in total. The largest absolute Gasteiger partial charge is 0.487 e. The lowest BCUT2D eigenvalue weighted by Crippen LogP contribution is -2.15. The molecule has 9 heteroatoms. The average Bonchev–Trinajstić information content (AvgIpc) is 3.41. The number of nitrogens with one attached hydrogen (secondary N) is 2. The molecule has 4 rings (SSSR count). The Balaban J connectivity index is 1.35. The van der Waals surface area contributed by atoms with Gasteiger partial charge in [-0.2, -0.15) is 5.10 Å². The van der Waals surface area contributed by atoms with Gasteiger partial charge in [0.2, 0.25) is 5.91 Å². The van der Waals surface area contributed by atoms with E-state index in [0.717, 1.165) is 16.4 Å². The molecule has 0 aliphatic heterocycles. The average molecular weight is 438 g/mol. The van der Waals surface area contributed by atoms with Crippen molar-refractivity contribution in [1.82, 2.24) is 19.7 Å². The molecular weight excluding hydrogens is 418 g/mol. The van der Waals surface area contributed by atoms with Crippen LogP contribution in [0.1, 0.15) is 12.1 Å². The van der Waals surface area contributed by atoms with E-state index in [1.165, 1.54) is 0 Å². The number of anilines is 1. The van der Waals surface area contributed by atoms with Crippen LogP contribution in [-0.4, -0.2) is 25.7 Å². The van der Waals surface area contributed by atoms with Crippen LogP contribution in [0.25, 0.3) is 10.7 Å². The molecule has 0 fully saturated rings. The molecule has 3 aromatic heterocycles. The molecule has 0 bridgehead atoms. The number of aromatic amines is 1. The van der Waals surface area contributed by atoms with E-state index < -0.39 is 0 Å². The number of aromatic nitrogens is 4. The zero-order valence-corrected chi connectivity index (χ0v) is 17.6. The molecule has 0 radical (unpaired) electrons. The summed E-state index contributed by atoms with van der Waals surface area (Å²) in [4.78, 5) is 17.7. The van der Waals surface area contributed by atoms with Crippen molar-refractivity contribution in [2.45, 2.75) is 19.6 Å². The van der Waals surface area contributed by atoms with Gasteiger partial charge in [0.05, 0.1) is 10.6 Å². The van der Waals surface area contributed by atoms with Gasteiger partial charge >= 0.3 is 0 Å². The number of amides is 1. The van der Waals surface area contributed by atoms with Gasteiger partial charge in [0.25, 0.3) is 0 Å². The first-order valence-electron chi connectivity index (χ1n) is 9.31. The Morgan fingerprint density at radius 2 is 2.13 bits per heavy atom. The minimum atomic E-state index is -0.114. The molecular formula is C21H19N5O2S2. The number of benzene rings is 1. The summed E-state index contributed by atoms with van der Waals surface area (Å²) >= 11 is 6.89. The maximum atomic E-state index is 12.5. The van der Waals surface area contributed by atoms with E-state index in [2.05, 4.69) is 20.5 Å². The second kappa shape index (κ2) is 9.47. The number of thiophene rings is 1. The van der Waals surface area contributed by atoms with Gasteiger partial charge in [-0.15, -0.1) is 11.3 Å². The molecule has 0 aliphatic carbocycles. The molecule has 0 saturated carbocycles. The standard InChI is InChI=1S/C21H19N5O2S2/c27-19(9-11-26-20(24-25-21(26)29)18-8-4-12-30-18)23-15-6-3-7-17(13-15)28-14-16-5-1-2-10-22-16/h1-8,10,12-13H,9,11,14H2,(H,23,27)(H,25,29). The van der Waals surface area contributed by atoms with E-state index in [0.29, 0.717) is 29.4 Å². The van der Waals surface area contributed by atoms with Crippen molar-refractivity contribution in [2.24, 2.45) is 0 Å². The maximum absolute atomic E-state index is 12.5. The minimum absolute atomic E-state index is 0.114. The van der Waals surface area contributed by atoms with E-state index in [1.807, 2.05) is 58.5 Å². The maximum Gasteiger partial charge on any atom is 0.226 e. The van der Waals surface area contributed by atoms with Gasteiger partial charge in [-0.3, -0.25) is 19.4 Å². The third-order valence-electron chi connectivity index (χ3n) is 4.29. The molecule has 0 unspecified atom stereocenters. The highest BCUT2D eigenvalue weighted by Gasteiger charge is 2.12. The minimum Gasteiger partial charge on any atom is -0.487 e. The number of nitrogens with zero attached hydrogens (tertiary/aromatic N) is 3. The first-order chi connectivity index (χ1) is 14.7. The third kappa shape index (κ3) is 5.00. The van der Waals surface area contributed by atoms with Crippen molar-refractivity contribution in [3.63, 3.8) is 0 Å².